The van der Waals surface area contributed by atoms with E-state index in [9.17, 15) is 9.18 Å². The Bertz CT molecular complexity index is 1180. The van der Waals surface area contributed by atoms with E-state index >= 15 is 0 Å². The van der Waals surface area contributed by atoms with Crippen molar-refractivity contribution in [1.29, 1.82) is 0 Å². The van der Waals surface area contributed by atoms with Crippen LogP contribution in [0, 0.1) is 12.7 Å². The number of carbonyl (C=O) groups excluding carboxylic acids is 1. The van der Waals surface area contributed by atoms with Crippen molar-refractivity contribution >= 4 is 11.6 Å². The molecule has 0 spiro atoms. The lowest BCUT2D eigenvalue weighted by Gasteiger charge is -2.36. The summed E-state index contributed by atoms with van der Waals surface area (Å²) in [5, 5.41) is 3.07. The molecule has 190 valence electrons. The Morgan fingerprint density at radius 1 is 0.944 bits per heavy atom. The van der Waals surface area contributed by atoms with Gasteiger partial charge in [0.2, 0.25) is 0 Å². The molecule has 1 fully saturated rings. The average Bonchev–Trinajstić information content (AvgIpc) is 3.05. The number of amides is 1. The number of aryl methyl sites for hydroxylation is 2. The van der Waals surface area contributed by atoms with Gasteiger partial charge in [0, 0.05) is 55.4 Å². The summed E-state index contributed by atoms with van der Waals surface area (Å²) >= 11 is 0. The predicted molar refractivity (Wildman–Crippen MR) is 144 cm³/mol. The average molecular weight is 489 g/mol. The molecule has 2 aliphatic rings. The van der Waals surface area contributed by atoms with Gasteiger partial charge < -0.3 is 14.8 Å². The Kier molecular flexibility index (Phi) is 7.71. The summed E-state index contributed by atoms with van der Waals surface area (Å²) < 4.78 is 16.4. The smallest absolute Gasteiger partial charge is 0.251 e. The maximum absolute atomic E-state index is 14.0. The van der Waals surface area contributed by atoms with Crippen molar-refractivity contribution in [3.8, 4) is 5.69 Å². The number of halogens is 1. The third kappa shape index (κ3) is 5.49. The number of carbonyl (C=O) groups is 1. The second-order valence-corrected chi connectivity index (χ2v) is 10.1. The molecule has 6 heteroatoms. The third-order valence-corrected chi connectivity index (χ3v) is 7.63. The quantitative estimate of drug-likeness (QED) is 0.370. The Hall–Kier alpha value is -3.12. The highest BCUT2D eigenvalue weighted by atomic mass is 19.1. The van der Waals surface area contributed by atoms with Gasteiger partial charge in [-0.2, -0.15) is 0 Å². The Labute approximate surface area is 213 Å². The van der Waals surface area contributed by atoms with Crippen molar-refractivity contribution in [2.45, 2.75) is 45.4 Å². The highest BCUT2D eigenvalue weighted by molar-refractivity contribution is 5.94. The lowest BCUT2D eigenvalue weighted by Crippen LogP contribution is -2.47. The van der Waals surface area contributed by atoms with Crippen LogP contribution in [0.4, 0.5) is 10.1 Å². The van der Waals surface area contributed by atoms with Crippen molar-refractivity contribution in [3.63, 3.8) is 0 Å². The number of hydrogen-bond acceptors (Lipinski definition) is 3. The van der Waals surface area contributed by atoms with E-state index in [4.69, 9.17) is 0 Å². The monoisotopic (exact) mass is 488 g/mol. The molecule has 0 unspecified atom stereocenters. The first-order chi connectivity index (χ1) is 17.6. The van der Waals surface area contributed by atoms with E-state index in [2.05, 4.69) is 44.8 Å². The number of piperazine rings is 1. The van der Waals surface area contributed by atoms with Crippen LogP contribution >= 0.6 is 0 Å². The Morgan fingerprint density at radius 2 is 1.69 bits per heavy atom. The van der Waals surface area contributed by atoms with Gasteiger partial charge in [-0.1, -0.05) is 18.6 Å². The van der Waals surface area contributed by atoms with Gasteiger partial charge in [-0.25, -0.2) is 4.39 Å². The van der Waals surface area contributed by atoms with E-state index in [1.807, 2.05) is 24.3 Å². The minimum atomic E-state index is -0.153. The second kappa shape index (κ2) is 11.3. The number of hydrogen-bond donors (Lipinski definition) is 1. The second-order valence-electron chi connectivity index (χ2n) is 10.1. The van der Waals surface area contributed by atoms with Crippen LogP contribution in [0.3, 0.4) is 0 Å². The number of rotatable bonds is 7. The highest BCUT2D eigenvalue weighted by Gasteiger charge is 2.19. The zero-order valence-corrected chi connectivity index (χ0v) is 21.3. The van der Waals surface area contributed by atoms with Crippen LogP contribution in [0.5, 0.6) is 0 Å². The Morgan fingerprint density at radius 3 is 2.47 bits per heavy atom. The number of aromatic nitrogens is 1. The fourth-order valence-corrected chi connectivity index (χ4v) is 5.68. The zero-order chi connectivity index (χ0) is 24.9. The van der Waals surface area contributed by atoms with Gasteiger partial charge in [0.15, 0.2) is 0 Å². The van der Waals surface area contributed by atoms with Crippen LogP contribution in [0.1, 0.15) is 53.0 Å². The van der Waals surface area contributed by atoms with Crippen LogP contribution in [-0.4, -0.2) is 54.6 Å². The summed E-state index contributed by atoms with van der Waals surface area (Å²) in [6, 6.07) is 17.3. The largest absolute Gasteiger partial charge is 0.367 e. The summed E-state index contributed by atoms with van der Waals surface area (Å²) in [5.74, 6) is -0.172. The van der Waals surface area contributed by atoms with Crippen LogP contribution < -0.4 is 10.2 Å². The molecule has 5 nitrogen and oxygen atoms in total. The molecule has 1 aliphatic heterocycles. The molecule has 0 atom stereocenters. The molecule has 36 heavy (non-hydrogen) atoms. The van der Waals surface area contributed by atoms with E-state index in [1.54, 1.807) is 6.07 Å². The molecule has 1 saturated heterocycles. The zero-order valence-electron chi connectivity index (χ0n) is 21.3. The van der Waals surface area contributed by atoms with E-state index < -0.39 is 0 Å². The van der Waals surface area contributed by atoms with Gasteiger partial charge in [-0.15, -0.1) is 0 Å². The molecule has 0 bridgehead atoms. The van der Waals surface area contributed by atoms with Crippen molar-refractivity contribution in [2.24, 2.45) is 0 Å². The molecule has 3 aromatic rings. The molecular weight excluding hydrogens is 451 g/mol. The van der Waals surface area contributed by atoms with E-state index in [0.29, 0.717) is 17.8 Å². The molecule has 2 aromatic carbocycles. The maximum atomic E-state index is 14.0. The summed E-state index contributed by atoms with van der Waals surface area (Å²) in [6.07, 6.45) is 7.03. The van der Waals surface area contributed by atoms with Gasteiger partial charge >= 0.3 is 0 Å². The fraction of sp³-hybridized carbons (Fsp3) is 0.433. The fourth-order valence-electron chi connectivity index (χ4n) is 5.68. The number of anilines is 1. The molecule has 5 rings (SSSR count). The van der Waals surface area contributed by atoms with Crippen molar-refractivity contribution in [2.75, 3.05) is 44.2 Å². The van der Waals surface area contributed by atoms with Crippen molar-refractivity contribution < 1.29 is 9.18 Å². The van der Waals surface area contributed by atoms with Crippen molar-refractivity contribution in [3.05, 3.63) is 82.9 Å². The minimum absolute atomic E-state index is 0.0195. The van der Waals surface area contributed by atoms with Crippen molar-refractivity contribution in [1.82, 2.24) is 14.8 Å². The molecule has 0 radical (unpaired) electrons. The Balaban J connectivity index is 1.08. The van der Waals surface area contributed by atoms with Crippen LogP contribution in [0.15, 0.2) is 54.6 Å². The number of nitrogens with one attached hydrogen (secondary N) is 1. The highest BCUT2D eigenvalue weighted by Crippen LogP contribution is 2.27. The number of benzene rings is 2. The van der Waals surface area contributed by atoms with Crippen LogP contribution in [-0.2, 0) is 12.8 Å². The molecule has 0 saturated carbocycles. The van der Waals surface area contributed by atoms with Gasteiger partial charge in [-0.05, 0) is 93.6 Å². The van der Waals surface area contributed by atoms with Gasteiger partial charge in [0.25, 0.3) is 5.91 Å². The first-order valence-electron chi connectivity index (χ1n) is 13.4. The summed E-state index contributed by atoms with van der Waals surface area (Å²) in [6.45, 7) is 7.22. The van der Waals surface area contributed by atoms with Gasteiger partial charge in [0.1, 0.15) is 5.82 Å². The van der Waals surface area contributed by atoms with E-state index in [1.165, 1.54) is 48.7 Å². The van der Waals surface area contributed by atoms with Crippen LogP contribution in [0.25, 0.3) is 5.69 Å². The molecule has 1 amide bonds. The standard InChI is InChI=1S/C30H37FN4O/c1-23-22-25-8-3-2-4-10-28(25)35(23)26-14-12-24(13-15-26)30(36)32-16-7-17-33-18-20-34(21-19-33)29-11-6-5-9-27(29)31/h5-6,9,11-15,22H,2-4,7-8,10,16-21H2,1H3,(H,32,36). The summed E-state index contributed by atoms with van der Waals surface area (Å²) in [4.78, 5) is 17.2. The molecule has 2 heterocycles. The third-order valence-electron chi connectivity index (χ3n) is 7.63. The SMILES string of the molecule is Cc1cc2c(n1-c1ccc(C(=O)NCCCN3CCN(c4ccccc4F)CC3)cc1)CCCCC2. The summed E-state index contributed by atoms with van der Waals surface area (Å²) in [7, 11) is 0. The maximum Gasteiger partial charge on any atom is 0.251 e. The van der Waals surface area contributed by atoms with E-state index in [0.717, 1.165) is 51.3 Å². The topological polar surface area (TPSA) is 40.5 Å². The lowest BCUT2D eigenvalue weighted by molar-refractivity contribution is 0.0951. The normalized spacial score (nSPS) is 16.4. The van der Waals surface area contributed by atoms with Gasteiger partial charge in [-0.3, -0.25) is 9.69 Å². The minimum Gasteiger partial charge on any atom is -0.367 e. The first-order valence-corrected chi connectivity index (χ1v) is 13.4. The molecule has 1 aromatic heterocycles. The summed E-state index contributed by atoms with van der Waals surface area (Å²) in [5.41, 5.74) is 6.74. The molecule has 1 aliphatic carbocycles. The predicted octanol–water partition coefficient (Wildman–Crippen LogP) is 5.14. The van der Waals surface area contributed by atoms with E-state index in [-0.39, 0.29) is 11.7 Å². The number of para-hydroxylation sites is 1. The van der Waals surface area contributed by atoms with Crippen LogP contribution in [0.2, 0.25) is 0 Å². The lowest BCUT2D eigenvalue weighted by atomic mass is 10.1. The number of nitrogens with zero attached hydrogens (tertiary/aromatic N) is 3. The first kappa shape index (κ1) is 24.6. The molecule has 1 N–H and O–H groups in total. The number of fused-ring (bicyclic) bond motifs is 1. The van der Waals surface area contributed by atoms with Gasteiger partial charge in [0.05, 0.1) is 5.69 Å². The molecular formula is C30H37FN4O.